The van der Waals surface area contributed by atoms with Crippen molar-refractivity contribution < 1.29 is 24.1 Å². The highest BCUT2D eigenvalue weighted by atomic mass is 16.5. The molecule has 0 fully saturated rings. The second-order valence-electron chi connectivity index (χ2n) is 9.32. The Morgan fingerprint density at radius 3 is 2.33 bits per heavy atom. The molecular formula is C31H36N2O6. The Labute approximate surface area is 229 Å². The van der Waals surface area contributed by atoms with E-state index < -0.39 is 17.2 Å². The number of hydrogen-bond donors (Lipinski definition) is 1. The summed E-state index contributed by atoms with van der Waals surface area (Å²) >= 11 is 0. The topological polar surface area (TPSA) is 111 Å². The molecule has 8 heteroatoms. The van der Waals surface area contributed by atoms with Gasteiger partial charge in [0.15, 0.2) is 17.3 Å². The third kappa shape index (κ3) is 6.99. The van der Waals surface area contributed by atoms with Crippen LogP contribution in [0.5, 0.6) is 23.1 Å². The molecule has 1 N–H and O–H groups in total. The van der Waals surface area contributed by atoms with E-state index in [-0.39, 0.29) is 23.2 Å². The fraction of sp³-hybridized carbons (Fsp3) is 0.387. The van der Waals surface area contributed by atoms with Gasteiger partial charge < -0.3 is 19.3 Å². The Morgan fingerprint density at radius 1 is 1.00 bits per heavy atom. The van der Waals surface area contributed by atoms with Crippen molar-refractivity contribution >= 4 is 5.78 Å². The van der Waals surface area contributed by atoms with Crippen molar-refractivity contribution in [2.75, 3.05) is 20.8 Å². The number of pyridine rings is 1. The Balaban J connectivity index is 1.83. The van der Waals surface area contributed by atoms with E-state index in [0.29, 0.717) is 35.8 Å². The van der Waals surface area contributed by atoms with E-state index >= 15 is 0 Å². The molecule has 1 aromatic heterocycles. The van der Waals surface area contributed by atoms with Crippen LogP contribution in [0.25, 0.3) is 0 Å². The summed E-state index contributed by atoms with van der Waals surface area (Å²) in [6.45, 7) is 4.34. The van der Waals surface area contributed by atoms with Gasteiger partial charge in [0.05, 0.1) is 26.4 Å². The predicted molar refractivity (Wildman–Crippen MR) is 149 cm³/mol. The van der Waals surface area contributed by atoms with E-state index in [4.69, 9.17) is 14.2 Å². The molecular weight excluding hydrogens is 496 g/mol. The number of methoxy groups -OCH3 is 2. The first-order valence-electron chi connectivity index (χ1n) is 13.2. The molecule has 206 valence electrons. The Bertz CT molecular complexity index is 1390. The molecule has 0 amide bonds. The summed E-state index contributed by atoms with van der Waals surface area (Å²) in [5.74, 6) is 0.815. The Hall–Kier alpha value is -4.25. The SMILES string of the molecule is CCCCCCCOc1ccc(C(=O)c2c(C)c(C#N)c(=O)n(CCc3ccc(OC)c(OC)c3)c2O)cc1. The zero-order chi connectivity index (χ0) is 28.4. The maximum absolute atomic E-state index is 13.5. The fourth-order valence-corrected chi connectivity index (χ4v) is 4.45. The van der Waals surface area contributed by atoms with E-state index in [1.54, 1.807) is 43.5 Å². The van der Waals surface area contributed by atoms with E-state index in [0.717, 1.165) is 23.0 Å². The average molecular weight is 533 g/mol. The van der Waals surface area contributed by atoms with Crippen molar-refractivity contribution in [3.8, 4) is 29.2 Å². The molecule has 2 aromatic carbocycles. The van der Waals surface area contributed by atoms with E-state index in [1.807, 2.05) is 12.1 Å². The van der Waals surface area contributed by atoms with Crippen LogP contribution in [0.15, 0.2) is 47.3 Å². The lowest BCUT2D eigenvalue weighted by molar-refractivity contribution is 0.103. The molecule has 0 aliphatic rings. The summed E-state index contributed by atoms with van der Waals surface area (Å²) in [6.07, 6.45) is 6.04. The van der Waals surface area contributed by atoms with Crippen LogP contribution in [0.3, 0.4) is 0 Å². The van der Waals surface area contributed by atoms with Gasteiger partial charge in [-0.2, -0.15) is 5.26 Å². The highest BCUT2D eigenvalue weighted by molar-refractivity contribution is 6.11. The zero-order valence-corrected chi connectivity index (χ0v) is 23.1. The molecule has 8 nitrogen and oxygen atoms in total. The third-order valence-corrected chi connectivity index (χ3v) is 6.73. The monoisotopic (exact) mass is 532 g/mol. The summed E-state index contributed by atoms with van der Waals surface area (Å²) in [5.41, 5.74) is 0.408. The Kier molecular flexibility index (Phi) is 10.6. The maximum Gasteiger partial charge on any atom is 0.271 e. The van der Waals surface area contributed by atoms with Crippen molar-refractivity contribution in [3.63, 3.8) is 0 Å². The van der Waals surface area contributed by atoms with Gasteiger partial charge in [0, 0.05) is 12.1 Å². The van der Waals surface area contributed by atoms with Crippen molar-refractivity contribution in [2.45, 2.75) is 58.9 Å². The largest absolute Gasteiger partial charge is 0.494 e. The van der Waals surface area contributed by atoms with Gasteiger partial charge in [-0.05, 0) is 67.3 Å². The van der Waals surface area contributed by atoms with Gasteiger partial charge in [-0.25, -0.2) is 0 Å². The molecule has 0 saturated carbocycles. The normalized spacial score (nSPS) is 10.6. The van der Waals surface area contributed by atoms with Crippen molar-refractivity contribution in [1.82, 2.24) is 4.57 Å². The zero-order valence-electron chi connectivity index (χ0n) is 23.1. The number of aryl methyl sites for hydroxylation is 1. The molecule has 3 aromatic rings. The molecule has 0 atom stereocenters. The number of rotatable bonds is 14. The van der Waals surface area contributed by atoms with Crippen LogP contribution in [-0.2, 0) is 13.0 Å². The fourth-order valence-electron chi connectivity index (χ4n) is 4.45. The molecule has 0 saturated heterocycles. The van der Waals surface area contributed by atoms with Crippen LogP contribution in [-0.4, -0.2) is 36.3 Å². The van der Waals surface area contributed by atoms with Gasteiger partial charge >= 0.3 is 0 Å². The van der Waals surface area contributed by atoms with Crippen LogP contribution in [0.4, 0.5) is 0 Å². The van der Waals surface area contributed by atoms with Crippen LogP contribution >= 0.6 is 0 Å². The lowest BCUT2D eigenvalue weighted by Crippen LogP contribution is -2.27. The summed E-state index contributed by atoms with van der Waals surface area (Å²) < 4.78 is 17.5. The van der Waals surface area contributed by atoms with Crippen molar-refractivity contribution in [2.24, 2.45) is 0 Å². The number of ketones is 1. The number of nitriles is 1. The number of hydrogen-bond acceptors (Lipinski definition) is 7. The second kappa shape index (κ2) is 14.1. The maximum atomic E-state index is 13.5. The minimum absolute atomic E-state index is 0.0560. The van der Waals surface area contributed by atoms with Gasteiger partial charge in [-0.15, -0.1) is 0 Å². The lowest BCUT2D eigenvalue weighted by atomic mass is 9.97. The van der Waals surface area contributed by atoms with Crippen LogP contribution in [0.2, 0.25) is 0 Å². The average Bonchev–Trinajstić information content (AvgIpc) is 2.95. The number of unbranched alkanes of at least 4 members (excludes halogenated alkanes) is 4. The first kappa shape index (κ1) is 29.3. The summed E-state index contributed by atoms with van der Waals surface area (Å²) in [4.78, 5) is 26.5. The van der Waals surface area contributed by atoms with Crippen molar-refractivity contribution in [1.29, 1.82) is 5.26 Å². The minimum atomic E-state index is -0.646. The van der Waals surface area contributed by atoms with Gasteiger partial charge in [0.25, 0.3) is 5.56 Å². The number of aromatic hydroxyl groups is 1. The van der Waals surface area contributed by atoms with Gasteiger partial charge in [-0.1, -0.05) is 38.7 Å². The van der Waals surface area contributed by atoms with Crippen molar-refractivity contribution in [3.05, 3.63) is 80.6 Å². The number of aromatic nitrogens is 1. The van der Waals surface area contributed by atoms with E-state index in [2.05, 4.69) is 6.92 Å². The standard InChI is InChI=1S/C31H36N2O6/c1-5-6-7-8-9-18-39-24-13-11-23(12-14-24)29(34)28-21(2)25(20-32)30(35)33(31(28)36)17-16-22-10-15-26(37-3)27(19-22)38-4/h10-15,19,36H,5-9,16-18H2,1-4H3. The molecule has 39 heavy (non-hydrogen) atoms. The van der Waals surface area contributed by atoms with Gasteiger partial charge in [-0.3, -0.25) is 14.2 Å². The quantitative estimate of drug-likeness (QED) is 0.213. The first-order valence-corrected chi connectivity index (χ1v) is 13.2. The van der Waals surface area contributed by atoms with E-state index in [1.165, 1.54) is 33.3 Å². The molecule has 0 unspecified atom stereocenters. The molecule has 1 heterocycles. The van der Waals surface area contributed by atoms with Crippen LogP contribution in [0, 0.1) is 18.3 Å². The molecule has 0 spiro atoms. The molecule has 0 radical (unpaired) electrons. The number of carbonyl (C=O) groups is 1. The van der Waals surface area contributed by atoms with Gasteiger partial charge in [0.1, 0.15) is 17.4 Å². The highest BCUT2D eigenvalue weighted by Gasteiger charge is 2.25. The van der Waals surface area contributed by atoms with E-state index in [9.17, 15) is 20.0 Å². The van der Waals surface area contributed by atoms with Gasteiger partial charge in [0.2, 0.25) is 5.88 Å². The molecule has 0 aliphatic carbocycles. The molecule has 0 bridgehead atoms. The number of ether oxygens (including phenoxy) is 3. The molecule has 0 aliphatic heterocycles. The van der Waals surface area contributed by atoms with Crippen LogP contribution in [0.1, 0.15) is 71.6 Å². The minimum Gasteiger partial charge on any atom is -0.494 e. The predicted octanol–water partition coefficient (Wildman–Crippen LogP) is 5.57. The third-order valence-electron chi connectivity index (χ3n) is 6.73. The smallest absolute Gasteiger partial charge is 0.271 e. The Morgan fingerprint density at radius 2 is 1.69 bits per heavy atom. The summed E-state index contributed by atoms with van der Waals surface area (Å²) in [6, 6.07) is 13.9. The number of carbonyl (C=O) groups excluding carboxylic acids is 1. The van der Waals surface area contributed by atoms with Crippen LogP contribution < -0.4 is 19.8 Å². The number of benzene rings is 2. The molecule has 3 rings (SSSR count). The number of nitrogens with zero attached hydrogens (tertiary/aromatic N) is 2. The summed E-state index contributed by atoms with van der Waals surface area (Å²) in [5, 5.41) is 20.8. The first-order chi connectivity index (χ1) is 18.9. The highest BCUT2D eigenvalue weighted by Crippen LogP contribution is 2.29. The second-order valence-corrected chi connectivity index (χ2v) is 9.32. The lowest BCUT2D eigenvalue weighted by Gasteiger charge is -2.16. The summed E-state index contributed by atoms with van der Waals surface area (Å²) in [7, 11) is 3.07.